The summed E-state index contributed by atoms with van der Waals surface area (Å²) in [4.78, 5) is 18.1. The van der Waals surface area contributed by atoms with Gasteiger partial charge in [-0.1, -0.05) is 11.6 Å². The summed E-state index contributed by atoms with van der Waals surface area (Å²) in [7, 11) is 1.74. The van der Waals surface area contributed by atoms with Crippen LogP contribution in [0, 0.1) is 0 Å². The molecule has 17 heavy (non-hydrogen) atoms. The van der Waals surface area contributed by atoms with E-state index in [0.717, 1.165) is 0 Å². The minimum absolute atomic E-state index is 0.0247. The minimum Gasteiger partial charge on any atom is -0.373 e. The van der Waals surface area contributed by atoms with Crippen LogP contribution in [0.4, 0.5) is 5.82 Å². The van der Waals surface area contributed by atoms with Crippen molar-refractivity contribution in [3.63, 3.8) is 0 Å². The predicted octanol–water partition coefficient (Wildman–Crippen LogP) is 2.65. The normalized spacial score (nSPS) is 10.5. The van der Waals surface area contributed by atoms with Crippen LogP contribution < -0.4 is 5.32 Å². The zero-order valence-electron chi connectivity index (χ0n) is 10.6. The summed E-state index contributed by atoms with van der Waals surface area (Å²) in [5, 5.41) is 3.20. The van der Waals surface area contributed by atoms with Crippen molar-refractivity contribution in [1.29, 1.82) is 0 Å². The number of halogens is 1. The van der Waals surface area contributed by atoms with Gasteiger partial charge in [0.25, 0.3) is 5.91 Å². The molecule has 0 unspecified atom stereocenters. The van der Waals surface area contributed by atoms with Gasteiger partial charge in [0.2, 0.25) is 0 Å². The molecule has 0 bridgehead atoms. The highest BCUT2D eigenvalue weighted by Gasteiger charge is 2.18. The van der Waals surface area contributed by atoms with E-state index in [1.165, 1.54) is 0 Å². The zero-order valence-corrected chi connectivity index (χ0v) is 11.4. The lowest BCUT2D eigenvalue weighted by molar-refractivity contribution is 0.0717. The van der Waals surface area contributed by atoms with Crippen molar-refractivity contribution in [1.82, 2.24) is 9.88 Å². The number of anilines is 1. The summed E-state index contributed by atoms with van der Waals surface area (Å²) in [6.45, 7) is 6.61. The van der Waals surface area contributed by atoms with E-state index >= 15 is 0 Å². The highest BCUT2D eigenvalue weighted by molar-refractivity contribution is 6.29. The van der Waals surface area contributed by atoms with E-state index in [1.54, 1.807) is 24.1 Å². The molecule has 1 rings (SSSR count). The molecule has 0 radical (unpaired) electrons. The van der Waals surface area contributed by atoms with Crippen LogP contribution in [0.25, 0.3) is 0 Å². The number of carbonyl (C=O) groups excluding carboxylic acids is 1. The van der Waals surface area contributed by atoms with Gasteiger partial charge in [-0.25, -0.2) is 4.98 Å². The van der Waals surface area contributed by atoms with Crippen LogP contribution in [0.5, 0.6) is 0 Å². The summed E-state index contributed by atoms with van der Waals surface area (Å²) in [5.41, 5.74) is 0.560. The molecule has 1 aromatic rings. The second-order valence-electron chi connectivity index (χ2n) is 4.00. The molecule has 0 fully saturated rings. The number of hydrogen-bond donors (Lipinski definition) is 1. The Labute approximate surface area is 107 Å². The van der Waals surface area contributed by atoms with Crippen molar-refractivity contribution < 1.29 is 4.79 Å². The van der Waals surface area contributed by atoms with Gasteiger partial charge < -0.3 is 10.2 Å². The highest BCUT2D eigenvalue weighted by atomic mass is 35.5. The van der Waals surface area contributed by atoms with Crippen LogP contribution in [0.15, 0.2) is 12.1 Å². The van der Waals surface area contributed by atoms with E-state index < -0.39 is 0 Å². The maximum absolute atomic E-state index is 12.2. The van der Waals surface area contributed by atoms with Crippen LogP contribution in [-0.4, -0.2) is 35.4 Å². The molecule has 1 N–H and O–H groups in total. The average molecular weight is 256 g/mol. The number of amides is 1. The Kier molecular flexibility index (Phi) is 4.75. The van der Waals surface area contributed by atoms with Crippen molar-refractivity contribution in [2.24, 2.45) is 0 Å². The van der Waals surface area contributed by atoms with Crippen molar-refractivity contribution >= 4 is 23.3 Å². The minimum atomic E-state index is -0.0247. The highest BCUT2D eigenvalue weighted by Crippen LogP contribution is 2.16. The number of rotatable bonds is 4. The molecule has 5 heteroatoms. The maximum Gasteiger partial charge on any atom is 0.254 e. The summed E-state index contributed by atoms with van der Waals surface area (Å²) < 4.78 is 0. The molecule has 0 aliphatic rings. The first-order chi connectivity index (χ1) is 7.99. The van der Waals surface area contributed by atoms with Gasteiger partial charge >= 0.3 is 0 Å². The Morgan fingerprint density at radius 1 is 1.53 bits per heavy atom. The fourth-order valence-electron chi connectivity index (χ4n) is 1.66. The average Bonchev–Trinajstić information content (AvgIpc) is 2.28. The predicted molar refractivity (Wildman–Crippen MR) is 70.6 cm³/mol. The van der Waals surface area contributed by atoms with E-state index in [9.17, 15) is 4.79 Å². The summed E-state index contributed by atoms with van der Waals surface area (Å²) in [5.74, 6) is 0.573. The fourth-order valence-corrected chi connectivity index (χ4v) is 1.87. The van der Waals surface area contributed by atoms with Crippen LogP contribution in [-0.2, 0) is 0 Å². The van der Waals surface area contributed by atoms with E-state index in [1.807, 2.05) is 20.8 Å². The third-order valence-electron chi connectivity index (χ3n) is 2.52. The Morgan fingerprint density at radius 3 is 2.65 bits per heavy atom. The van der Waals surface area contributed by atoms with Crippen molar-refractivity contribution in [3.05, 3.63) is 22.8 Å². The first kappa shape index (κ1) is 13.8. The maximum atomic E-state index is 12.2. The molecule has 0 saturated carbocycles. The number of aromatic nitrogens is 1. The third kappa shape index (κ3) is 3.33. The van der Waals surface area contributed by atoms with Gasteiger partial charge in [-0.05, 0) is 32.9 Å². The number of nitrogens with one attached hydrogen (secondary N) is 1. The van der Waals surface area contributed by atoms with Crippen LogP contribution in [0.2, 0.25) is 5.15 Å². The van der Waals surface area contributed by atoms with Crippen molar-refractivity contribution in [3.8, 4) is 0 Å². The van der Waals surface area contributed by atoms with Crippen molar-refractivity contribution in [2.45, 2.75) is 26.8 Å². The van der Waals surface area contributed by atoms with Crippen LogP contribution in [0.3, 0.4) is 0 Å². The molecule has 4 nitrogen and oxygen atoms in total. The molecule has 0 spiro atoms. The van der Waals surface area contributed by atoms with Gasteiger partial charge in [0.1, 0.15) is 11.0 Å². The first-order valence-electron chi connectivity index (χ1n) is 5.65. The fraction of sp³-hybridized carbons (Fsp3) is 0.500. The van der Waals surface area contributed by atoms with Crippen LogP contribution >= 0.6 is 11.6 Å². The quantitative estimate of drug-likeness (QED) is 0.842. The lowest BCUT2D eigenvalue weighted by Gasteiger charge is -2.25. The second-order valence-corrected chi connectivity index (χ2v) is 4.39. The second kappa shape index (κ2) is 5.87. The molecule has 1 aromatic heterocycles. The van der Waals surface area contributed by atoms with Gasteiger partial charge in [0, 0.05) is 25.2 Å². The van der Waals surface area contributed by atoms with E-state index in [4.69, 9.17) is 11.6 Å². The van der Waals surface area contributed by atoms with Gasteiger partial charge in [0.05, 0.1) is 0 Å². The largest absolute Gasteiger partial charge is 0.373 e. The topological polar surface area (TPSA) is 45.2 Å². The molecule has 0 saturated heterocycles. The number of nitrogens with zero attached hydrogens (tertiary/aromatic N) is 2. The smallest absolute Gasteiger partial charge is 0.254 e. The molecule has 1 heterocycles. The zero-order chi connectivity index (χ0) is 13.0. The molecular formula is C12H18ClN3O. The third-order valence-corrected chi connectivity index (χ3v) is 2.72. The summed E-state index contributed by atoms with van der Waals surface area (Å²) >= 11 is 5.88. The Hall–Kier alpha value is -1.29. The number of pyridine rings is 1. The standard InChI is InChI=1S/C12H18ClN3O/c1-5-16(8(2)3)12(17)9-6-10(13)15-11(7-9)14-4/h6-8H,5H2,1-4H3,(H,14,15). The Morgan fingerprint density at radius 2 is 2.18 bits per heavy atom. The lowest BCUT2D eigenvalue weighted by atomic mass is 10.2. The summed E-state index contributed by atoms with van der Waals surface area (Å²) in [6, 6.07) is 3.46. The van der Waals surface area contributed by atoms with Crippen LogP contribution in [0.1, 0.15) is 31.1 Å². The molecule has 1 amide bonds. The molecule has 0 aromatic carbocycles. The van der Waals surface area contributed by atoms with E-state index in [2.05, 4.69) is 10.3 Å². The molecule has 0 aliphatic heterocycles. The number of carbonyl (C=O) groups is 1. The first-order valence-corrected chi connectivity index (χ1v) is 6.03. The number of hydrogen-bond acceptors (Lipinski definition) is 3. The molecule has 0 aliphatic carbocycles. The lowest BCUT2D eigenvalue weighted by Crippen LogP contribution is -2.36. The van der Waals surface area contributed by atoms with Gasteiger partial charge in [-0.2, -0.15) is 0 Å². The van der Waals surface area contributed by atoms with Gasteiger partial charge in [-0.15, -0.1) is 0 Å². The molecule has 0 atom stereocenters. The molecular weight excluding hydrogens is 238 g/mol. The Bertz CT molecular complexity index is 407. The van der Waals surface area contributed by atoms with Gasteiger partial charge in [-0.3, -0.25) is 4.79 Å². The van der Waals surface area contributed by atoms with Crippen molar-refractivity contribution in [2.75, 3.05) is 18.9 Å². The Balaban J connectivity index is 3.06. The monoisotopic (exact) mass is 255 g/mol. The van der Waals surface area contributed by atoms with Gasteiger partial charge in [0.15, 0.2) is 0 Å². The summed E-state index contributed by atoms with van der Waals surface area (Å²) in [6.07, 6.45) is 0. The van der Waals surface area contributed by atoms with E-state index in [0.29, 0.717) is 23.1 Å². The SMILES string of the molecule is CCN(C(=O)c1cc(Cl)nc(NC)c1)C(C)C. The molecule has 94 valence electrons. The van der Waals surface area contributed by atoms with E-state index in [-0.39, 0.29) is 11.9 Å².